The van der Waals surface area contributed by atoms with Gasteiger partial charge in [0.2, 0.25) is 0 Å². The van der Waals surface area contributed by atoms with Crippen molar-refractivity contribution in [1.82, 2.24) is 9.97 Å². The lowest BCUT2D eigenvalue weighted by molar-refractivity contribution is 0.0691. The Balaban J connectivity index is 1.96. The van der Waals surface area contributed by atoms with Gasteiger partial charge >= 0.3 is 5.97 Å². The summed E-state index contributed by atoms with van der Waals surface area (Å²) in [6.45, 7) is 0.570. The van der Waals surface area contributed by atoms with E-state index in [4.69, 9.17) is 16.7 Å². The number of hydrogen-bond acceptors (Lipinski definition) is 4. The number of carboxylic acids is 1. The number of carbonyl (C=O) groups is 1. The van der Waals surface area contributed by atoms with Crippen LogP contribution in [0.3, 0.4) is 0 Å². The SMILES string of the molecule is O=C(O)c1nccnc1NCCc1ccc(Cl)cc1. The van der Waals surface area contributed by atoms with Gasteiger partial charge in [-0.3, -0.25) is 0 Å². The van der Waals surface area contributed by atoms with Gasteiger partial charge in [-0.2, -0.15) is 0 Å². The maximum Gasteiger partial charge on any atom is 0.358 e. The molecule has 5 nitrogen and oxygen atoms in total. The zero-order valence-corrected chi connectivity index (χ0v) is 10.8. The molecule has 0 saturated heterocycles. The monoisotopic (exact) mass is 277 g/mol. The van der Waals surface area contributed by atoms with Crippen molar-refractivity contribution in [3.05, 3.63) is 52.9 Å². The number of nitrogens with zero attached hydrogens (tertiary/aromatic N) is 2. The fourth-order valence-corrected chi connectivity index (χ4v) is 1.73. The smallest absolute Gasteiger partial charge is 0.358 e. The Bertz CT molecular complexity index is 572. The van der Waals surface area contributed by atoms with E-state index in [1.54, 1.807) is 0 Å². The second-order valence-corrected chi connectivity index (χ2v) is 4.30. The first-order chi connectivity index (χ1) is 9.16. The lowest BCUT2D eigenvalue weighted by Crippen LogP contribution is -2.12. The van der Waals surface area contributed by atoms with Gasteiger partial charge in [0.15, 0.2) is 11.5 Å². The molecule has 0 spiro atoms. The van der Waals surface area contributed by atoms with Gasteiger partial charge in [-0.05, 0) is 24.1 Å². The zero-order chi connectivity index (χ0) is 13.7. The number of aromatic carboxylic acids is 1. The summed E-state index contributed by atoms with van der Waals surface area (Å²) >= 11 is 5.80. The van der Waals surface area contributed by atoms with Gasteiger partial charge in [-0.1, -0.05) is 23.7 Å². The molecule has 0 unspecified atom stereocenters. The summed E-state index contributed by atoms with van der Waals surface area (Å²) in [4.78, 5) is 18.7. The summed E-state index contributed by atoms with van der Waals surface area (Å²) in [7, 11) is 0. The molecule has 0 amide bonds. The molecule has 0 bridgehead atoms. The Labute approximate surface area is 115 Å². The molecule has 6 heteroatoms. The zero-order valence-electron chi connectivity index (χ0n) is 10.0. The maximum atomic E-state index is 10.9. The molecule has 0 atom stereocenters. The van der Waals surface area contributed by atoms with Crippen molar-refractivity contribution in [2.75, 3.05) is 11.9 Å². The standard InChI is InChI=1S/C13H12ClN3O2/c14-10-3-1-9(2-4-10)5-6-16-12-11(13(18)19)15-7-8-17-12/h1-4,7-8H,5-6H2,(H,16,17)(H,18,19). The average molecular weight is 278 g/mol. The largest absolute Gasteiger partial charge is 0.476 e. The minimum Gasteiger partial charge on any atom is -0.476 e. The van der Waals surface area contributed by atoms with E-state index in [2.05, 4.69) is 15.3 Å². The summed E-state index contributed by atoms with van der Waals surface area (Å²) in [5.74, 6) is -0.814. The third-order valence-electron chi connectivity index (χ3n) is 2.52. The average Bonchev–Trinajstić information content (AvgIpc) is 2.41. The topological polar surface area (TPSA) is 75.1 Å². The molecule has 2 aromatic rings. The molecule has 0 radical (unpaired) electrons. The number of benzene rings is 1. The molecular weight excluding hydrogens is 266 g/mol. The van der Waals surface area contributed by atoms with E-state index in [0.717, 1.165) is 12.0 Å². The first-order valence-electron chi connectivity index (χ1n) is 5.69. The van der Waals surface area contributed by atoms with Crippen LogP contribution in [0.5, 0.6) is 0 Å². The normalized spacial score (nSPS) is 10.2. The minimum atomic E-state index is -1.10. The molecule has 19 heavy (non-hydrogen) atoms. The van der Waals surface area contributed by atoms with E-state index in [-0.39, 0.29) is 11.5 Å². The lowest BCUT2D eigenvalue weighted by atomic mass is 10.1. The van der Waals surface area contributed by atoms with Crippen LogP contribution in [0.2, 0.25) is 5.02 Å². The molecule has 0 fully saturated rings. The number of halogens is 1. The molecular formula is C13H12ClN3O2. The van der Waals surface area contributed by atoms with Crippen molar-refractivity contribution in [3.8, 4) is 0 Å². The lowest BCUT2D eigenvalue weighted by Gasteiger charge is -2.07. The van der Waals surface area contributed by atoms with Crippen molar-refractivity contribution < 1.29 is 9.90 Å². The molecule has 0 aliphatic heterocycles. The second kappa shape index (κ2) is 6.15. The van der Waals surface area contributed by atoms with Crippen LogP contribution < -0.4 is 5.32 Å². The quantitative estimate of drug-likeness (QED) is 0.878. The Morgan fingerprint density at radius 1 is 1.21 bits per heavy atom. The molecule has 1 heterocycles. The highest BCUT2D eigenvalue weighted by Gasteiger charge is 2.11. The minimum absolute atomic E-state index is 0.0707. The van der Waals surface area contributed by atoms with Crippen LogP contribution in [0, 0.1) is 0 Å². The predicted octanol–water partition coefficient (Wildman–Crippen LogP) is 2.48. The number of anilines is 1. The molecule has 0 aliphatic rings. The van der Waals surface area contributed by atoms with Crippen molar-refractivity contribution in [2.24, 2.45) is 0 Å². The molecule has 1 aromatic heterocycles. The Morgan fingerprint density at radius 2 is 1.89 bits per heavy atom. The Kier molecular flexibility index (Phi) is 4.30. The number of hydrogen-bond donors (Lipinski definition) is 2. The van der Waals surface area contributed by atoms with Crippen molar-refractivity contribution in [1.29, 1.82) is 0 Å². The van der Waals surface area contributed by atoms with Gasteiger partial charge in [0.1, 0.15) is 0 Å². The van der Waals surface area contributed by atoms with E-state index >= 15 is 0 Å². The summed E-state index contributed by atoms with van der Waals surface area (Å²) in [6, 6.07) is 7.50. The highest BCUT2D eigenvalue weighted by atomic mass is 35.5. The Morgan fingerprint density at radius 3 is 2.58 bits per heavy atom. The van der Waals surface area contributed by atoms with Gasteiger partial charge in [-0.25, -0.2) is 14.8 Å². The maximum absolute atomic E-state index is 10.9. The van der Waals surface area contributed by atoms with Crippen LogP contribution in [0.25, 0.3) is 0 Å². The van der Waals surface area contributed by atoms with Crippen LogP contribution >= 0.6 is 11.6 Å². The van der Waals surface area contributed by atoms with Crippen LogP contribution in [0.15, 0.2) is 36.7 Å². The molecule has 0 saturated carbocycles. The molecule has 1 aromatic carbocycles. The van der Waals surface area contributed by atoms with E-state index in [1.807, 2.05) is 24.3 Å². The predicted molar refractivity (Wildman–Crippen MR) is 72.6 cm³/mol. The van der Waals surface area contributed by atoms with E-state index in [1.165, 1.54) is 12.4 Å². The van der Waals surface area contributed by atoms with Gasteiger partial charge < -0.3 is 10.4 Å². The number of aromatic nitrogens is 2. The fraction of sp³-hybridized carbons (Fsp3) is 0.154. The highest BCUT2D eigenvalue weighted by molar-refractivity contribution is 6.30. The van der Waals surface area contributed by atoms with Crippen molar-refractivity contribution >= 4 is 23.4 Å². The molecule has 2 N–H and O–H groups in total. The third-order valence-corrected chi connectivity index (χ3v) is 2.77. The summed E-state index contributed by atoms with van der Waals surface area (Å²) in [6.07, 6.45) is 3.55. The highest BCUT2D eigenvalue weighted by Crippen LogP contribution is 2.11. The Hall–Kier alpha value is -2.14. The number of nitrogens with one attached hydrogen (secondary N) is 1. The summed E-state index contributed by atoms with van der Waals surface area (Å²) in [5, 5.41) is 12.6. The van der Waals surface area contributed by atoms with Crippen LogP contribution in [-0.4, -0.2) is 27.6 Å². The van der Waals surface area contributed by atoms with Gasteiger partial charge in [0.05, 0.1) is 0 Å². The first-order valence-corrected chi connectivity index (χ1v) is 6.07. The van der Waals surface area contributed by atoms with Gasteiger partial charge in [0, 0.05) is 24.0 Å². The fourth-order valence-electron chi connectivity index (χ4n) is 1.60. The van der Waals surface area contributed by atoms with Crippen molar-refractivity contribution in [3.63, 3.8) is 0 Å². The van der Waals surface area contributed by atoms with Crippen LogP contribution in [0.1, 0.15) is 16.1 Å². The van der Waals surface area contributed by atoms with Crippen LogP contribution in [0.4, 0.5) is 5.82 Å². The van der Waals surface area contributed by atoms with Gasteiger partial charge in [-0.15, -0.1) is 0 Å². The van der Waals surface area contributed by atoms with E-state index in [0.29, 0.717) is 11.6 Å². The molecule has 0 aliphatic carbocycles. The summed E-state index contributed by atoms with van der Waals surface area (Å²) in [5.41, 5.74) is 1.04. The number of carboxylic acid groups (broad SMARTS) is 1. The van der Waals surface area contributed by atoms with E-state index in [9.17, 15) is 4.79 Å². The van der Waals surface area contributed by atoms with Crippen molar-refractivity contribution in [2.45, 2.75) is 6.42 Å². The first kappa shape index (κ1) is 13.3. The van der Waals surface area contributed by atoms with Crippen LogP contribution in [-0.2, 0) is 6.42 Å². The van der Waals surface area contributed by atoms with Gasteiger partial charge in [0.25, 0.3) is 0 Å². The van der Waals surface area contributed by atoms with E-state index < -0.39 is 5.97 Å². The third kappa shape index (κ3) is 3.66. The number of rotatable bonds is 5. The molecule has 98 valence electrons. The summed E-state index contributed by atoms with van der Waals surface area (Å²) < 4.78 is 0. The second-order valence-electron chi connectivity index (χ2n) is 3.86. The molecule has 2 rings (SSSR count).